The van der Waals surface area contributed by atoms with Crippen LogP contribution in [0.4, 0.5) is 0 Å². The van der Waals surface area contributed by atoms with Gasteiger partial charge in [-0.1, -0.05) is 12.8 Å². The lowest BCUT2D eigenvalue weighted by atomic mass is 10.0. The van der Waals surface area contributed by atoms with E-state index in [4.69, 9.17) is 0 Å². The molecule has 1 heterocycles. The number of aliphatic hydroxyl groups excluding tert-OH is 1. The molecule has 2 nitrogen and oxygen atoms in total. The number of unbranched alkanes of at least 4 members (excludes halogenated alkanes) is 2. The maximum atomic E-state index is 9.21. The fourth-order valence-electron chi connectivity index (χ4n) is 2.16. The first kappa shape index (κ1) is 12.3. The number of hydrogen-bond acceptors (Lipinski definition) is 3. The number of aliphatic hydroxyl groups is 1. The summed E-state index contributed by atoms with van der Waals surface area (Å²) in [6, 6.07) is 0.444. The summed E-state index contributed by atoms with van der Waals surface area (Å²) >= 11 is 4.20. The highest BCUT2D eigenvalue weighted by Crippen LogP contribution is 2.17. The molecule has 1 fully saturated rings. The fourth-order valence-corrected chi connectivity index (χ4v) is 2.39. The largest absolute Gasteiger partial charge is 0.395 e. The molecule has 0 amide bonds. The Kier molecular flexibility index (Phi) is 6.65. The second-order valence-electron chi connectivity index (χ2n) is 4.15. The fraction of sp³-hybridized carbons (Fsp3) is 1.00. The van der Waals surface area contributed by atoms with Gasteiger partial charge in [-0.25, -0.2) is 0 Å². The lowest BCUT2D eigenvalue weighted by Gasteiger charge is -2.34. The topological polar surface area (TPSA) is 23.5 Å². The average Bonchev–Trinajstić information content (AvgIpc) is 2.25. The summed E-state index contributed by atoms with van der Waals surface area (Å²) in [5.74, 6) is 1.00. The van der Waals surface area contributed by atoms with Crippen LogP contribution in [0.1, 0.15) is 38.5 Å². The molecule has 3 heteroatoms. The molecule has 0 spiro atoms. The normalized spacial score (nSPS) is 24.0. The molecule has 0 aromatic carbocycles. The smallest absolute Gasteiger partial charge is 0.0586 e. The van der Waals surface area contributed by atoms with Crippen LogP contribution in [0.3, 0.4) is 0 Å². The highest BCUT2D eigenvalue weighted by Gasteiger charge is 2.20. The maximum absolute atomic E-state index is 9.21. The van der Waals surface area contributed by atoms with Crippen LogP contribution in [-0.2, 0) is 0 Å². The SMILES string of the molecule is OCC1CCCCN1CCCCCS. The third-order valence-electron chi connectivity index (χ3n) is 3.06. The number of thiol groups is 1. The first-order chi connectivity index (χ1) is 6.88. The van der Waals surface area contributed by atoms with Crippen LogP contribution in [0, 0.1) is 0 Å². The van der Waals surface area contributed by atoms with E-state index < -0.39 is 0 Å². The zero-order valence-electron chi connectivity index (χ0n) is 8.99. The van der Waals surface area contributed by atoms with Crippen molar-refractivity contribution in [3.63, 3.8) is 0 Å². The monoisotopic (exact) mass is 217 g/mol. The molecule has 1 saturated heterocycles. The minimum atomic E-state index is 0.340. The van der Waals surface area contributed by atoms with Crippen LogP contribution < -0.4 is 0 Å². The van der Waals surface area contributed by atoms with Crippen molar-refractivity contribution in [1.29, 1.82) is 0 Å². The van der Waals surface area contributed by atoms with Gasteiger partial charge in [0.2, 0.25) is 0 Å². The van der Waals surface area contributed by atoms with Gasteiger partial charge in [-0.05, 0) is 44.5 Å². The van der Waals surface area contributed by atoms with Crippen molar-refractivity contribution in [2.24, 2.45) is 0 Å². The van der Waals surface area contributed by atoms with Gasteiger partial charge in [0.15, 0.2) is 0 Å². The van der Waals surface area contributed by atoms with E-state index in [1.807, 2.05) is 0 Å². The summed E-state index contributed by atoms with van der Waals surface area (Å²) in [4.78, 5) is 2.46. The number of nitrogens with zero attached hydrogens (tertiary/aromatic N) is 1. The average molecular weight is 217 g/mol. The molecule has 0 radical (unpaired) electrons. The molecule has 1 aliphatic heterocycles. The van der Waals surface area contributed by atoms with E-state index in [9.17, 15) is 5.11 Å². The quantitative estimate of drug-likeness (QED) is 0.525. The Hall–Kier alpha value is 0.270. The first-order valence-electron chi connectivity index (χ1n) is 5.84. The van der Waals surface area contributed by atoms with Gasteiger partial charge in [0.1, 0.15) is 0 Å². The molecule has 84 valence electrons. The van der Waals surface area contributed by atoms with Gasteiger partial charge >= 0.3 is 0 Å². The summed E-state index contributed by atoms with van der Waals surface area (Å²) in [6.07, 6.45) is 7.54. The molecule has 0 aromatic heterocycles. The highest BCUT2D eigenvalue weighted by molar-refractivity contribution is 7.80. The summed E-state index contributed by atoms with van der Waals surface area (Å²) in [5.41, 5.74) is 0. The maximum Gasteiger partial charge on any atom is 0.0586 e. The third kappa shape index (κ3) is 4.20. The van der Waals surface area contributed by atoms with Crippen LogP contribution in [0.25, 0.3) is 0 Å². The summed E-state index contributed by atoms with van der Waals surface area (Å²) < 4.78 is 0. The van der Waals surface area contributed by atoms with E-state index in [1.165, 1.54) is 51.6 Å². The lowest BCUT2D eigenvalue weighted by molar-refractivity contribution is 0.0887. The Balaban J connectivity index is 2.13. The first-order valence-corrected chi connectivity index (χ1v) is 6.47. The Morgan fingerprint density at radius 2 is 2.07 bits per heavy atom. The van der Waals surface area contributed by atoms with Gasteiger partial charge in [-0.2, -0.15) is 12.6 Å². The van der Waals surface area contributed by atoms with Crippen LogP contribution in [0.15, 0.2) is 0 Å². The lowest BCUT2D eigenvalue weighted by Crippen LogP contribution is -2.42. The van der Waals surface area contributed by atoms with Gasteiger partial charge in [-0.3, -0.25) is 4.90 Å². The molecule has 1 N–H and O–H groups in total. The Bertz CT molecular complexity index is 143. The molecule has 0 aliphatic carbocycles. The molecular weight excluding hydrogens is 194 g/mol. The third-order valence-corrected chi connectivity index (χ3v) is 3.38. The number of rotatable bonds is 6. The summed E-state index contributed by atoms with van der Waals surface area (Å²) in [6.45, 7) is 2.69. The Morgan fingerprint density at radius 1 is 1.21 bits per heavy atom. The van der Waals surface area contributed by atoms with Crippen LogP contribution >= 0.6 is 12.6 Å². The predicted octanol–water partition coefficient (Wildman–Crippen LogP) is 1.93. The van der Waals surface area contributed by atoms with Crippen molar-refractivity contribution in [1.82, 2.24) is 4.90 Å². The van der Waals surface area contributed by atoms with Crippen LogP contribution in [0.5, 0.6) is 0 Å². The standard InChI is InChI=1S/C11H23NOS/c13-10-11-6-2-4-8-12(11)7-3-1-5-9-14/h11,13-14H,1-10H2. The van der Waals surface area contributed by atoms with E-state index in [2.05, 4.69) is 17.5 Å². The molecule has 0 aromatic rings. The second-order valence-corrected chi connectivity index (χ2v) is 4.60. The van der Waals surface area contributed by atoms with Gasteiger partial charge in [0.25, 0.3) is 0 Å². The molecule has 1 unspecified atom stereocenters. The summed E-state index contributed by atoms with van der Waals surface area (Å²) in [5, 5.41) is 9.21. The Morgan fingerprint density at radius 3 is 2.79 bits per heavy atom. The molecule has 0 saturated carbocycles. The van der Waals surface area contributed by atoms with Crippen molar-refractivity contribution in [3.05, 3.63) is 0 Å². The van der Waals surface area contributed by atoms with Gasteiger partial charge in [-0.15, -0.1) is 0 Å². The van der Waals surface area contributed by atoms with Gasteiger partial charge in [0, 0.05) is 6.04 Å². The number of piperidine rings is 1. The molecule has 1 atom stereocenters. The van der Waals surface area contributed by atoms with Crippen LogP contribution in [-0.4, -0.2) is 41.5 Å². The Labute approximate surface area is 93.1 Å². The minimum Gasteiger partial charge on any atom is -0.395 e. The van der Waals surface area contributed by atoms with E-state index in [1.54, 1.807) is 0 Å². The van der Waals surface area contributed by atoms with Crippen molar-refractivity contribution in [2.45, 2.75) is 44.6 Å². The van der Waals surface area contributed by atoms with E-state index in [-0.39, 0.29) is 0 Å². The number of hydrogen-bond donors (Lipinski definition) is 2. The number of likely N-dealkylation sites (tertiary alicyclic amines) is 1. The highest BCUT2D eigenvalue weighted by atomic mass is 32.1. The zero-order valence-corrected chi connectivity index (χ0v) is 9.88. The summed E-state index contributed by atoms with van der Waals surface area (Å²) in [7, 11) is 0. The minimum absolute atomic E-state index is 0.340. The van der Waals surface area contributed by atoms with Crippen molar-refractivity contribution in [2.75, 3.05) is 25.4 Å². The van der Waals surface area contributed by atoms with Crippen molar-refractivity contribution >= 4 is 12.6 Å². The van der Waals surface area contributed by atoms with E-state index >= 15 is 0 Å². The molecule has 14 heavy (non-hydrogen) atoms. The second kappa shape index (κ2) is 7.55. The van der Waals surface area contributed by atoms with Gasteiger partial charge < -0.3 is 5.11 Å². The molecule has 0 bridgehead atoms. The van der Waals surface area contributed by atoms with Crippen LogP contribution in [0.2, 0.25) is 0 Å². The molecule has 1 rings (SSSR count). The van der Waals surface area contributed by atoms with Crippen molar-refractivity contribution < 1.29 is 5.11 Å². The van der Waals surface area contributed by atoms with E-state index in [0.29, 0.717) is 12.6 Å². The van der Waals surface area contributed by atoms with Crippen molar-refractivity contribution in [3.8, 4) is 0 Å². The van der Waals surface area contributed by atoms with E-state index in [0.717, 1.165) is 5.75 Å². The van der Waals surface area contributed by atoms with Gasteiger partial charge in [0.05, 0.1) is 6.61 Å². The zero-order chi connectivity index (χ0) is 10.2. The molecular formula is C11H23NOS. The molecule has 1 aliphatic rings. The predicted molar refractivity (Wildman–Crippen MR) is 64.0 cm³/mol.